The summed E-state index contributed by atoms with van der Waals surface area (Å²) in [7, 11) is 0. The fraction of sp³-hybridized carbons (Fsp3) is 0.625. The fourth-order valence-electron chi connectivity index (χ4n) is 3.24. The Morgan fingerprint density at radius 3 is 2.79 bits per heavy atom. The van der Waals surface area contributed by atoms with Gasteiger partial charge in [0.2, 0.25) is 0 Å². The molecule has 2 aliphatic rings. The molecule has 0 spiro atoms. The summed E-state index contributed by atoms with van der Waals surface area (Å²) >= 11 is 3.57. The van der Waals surface area contributed by atoms with Crippen LogP contribution < -0.4 is 10.2 Å². The van der Waals surface area contributed by atoms with E-state index in [-0.39, 0.29) is 0 Å². The monoisotopic (exact) mass is 322 g/mol. The fourth-order valence-corrected chi connectivity index (χ4v) is 3.71. The molecule has 2 fully saturated rings. The molecule has 104 valence electrons. The lowest BCUT2D eigenvalue weighted by molar-refractivity contribution is 0.359. The first-order chi connectivity index (χ1) is 9.19. The van der Waals surface area contributed by atoms with Gasteiger partial charge in [-0.3, -0.25) is 0 Å². The van der Waals surface area contributed by atoms with E-state index in [9.17, 15) is 0 Å². The maximum Gasteiger partial charge on any atom is 0.0412 e. The topological polar surface area (TPSA) is 15.3 Å². The first-order valence-corrected chi connectivity index (χ1v) is 8.24. The first kappa shape index (κ1) is 13.4. The van der Waals surface area contributed by atoms with Crippen molar-refractivity contribution in [2.45, 2.75) is 45.2 Å². The van der Waals surface area contributed by atoms with Crippen molar-refractivity contribution in [1.82, 2.24) is 5.32 Å². The number of nitrogens with one attached hydrogen (secondary N) is 1. The highest BCUT2D eigenvalue weighted by Gasteiger charge is 2.37. The van der Waals surface area contributed by atoms with Crippen LogP contribution in [0.25, 0.3) is 0 Å². The predicted octanol–water partition coefficient (Wildman–Crippen LogP) is 3.72. The van der Waals surface area contributed by atoms with Crippen molar-refractivity contribution in [3.05, 3.63) is 28.2 Å². The third kappa shape index (κ3) is 2.82. The Labute approximate surface area is 124 Å². The molecule has 3 rings (SSSR count). The highest BCUT2D eigenvalue weighted by molar-refractivity contribution is 9.10. The molecule has 2 atom stereocenters. The zero-order chi connectivity index (χ0) is 13.4. The smallest absolute Gasteiger partial charge is 0.0412 e. The van der Waals surface area contributed by atoms with Crippen LogP contribution in [0.1, 0.15) is 31.7 Å². The quantitative estimate of drug-likeness (QED) is 0.912. The van der Waals surface area contributed by atoms with E-state index in [0.717, 1.165) is 12.5 Å². The normalized spacial score (nSPS) is 27.6. The lowest BCUT2D eigenvalue weighted by Crippen LogP contribution is -2.57. The second-order valence-electron chi connectivity index (χ2n) is 6.00. The Kier molecular flexibility index (Phi) is 3.86. The summed E-state index contributed by atoms with van der Waals surface area (Å²) in [6.07, 6.45) is 4.04. The van der Waals surface area contributed by atoms with Crippen LogP contribution in [-0.2, 0) is 0 Å². The van der Waals surface area contributed by atoms with Gasteiger partial charge in [-0.05, 0) is 55.9 Å². The number of hydrogen-bond acceptors (Lipinski definition) is 2. The molecule has 19 heavy (non-hydrogen) atoms. The summed E-state index contributed by atoms with van der Waals surface area (Å²) in [6, 6.07) is 8.01. The van der Waals surface area contributed by atoms with E-state index in [0.29, 0.717) is 12.1 Å². The van der Waals surface area contributed by atoms with Crippen molar-refractivity contribution >= 4 is 21.6 Å². The molecule has 0 amide bonds. The molecule has 1 aliphatic carbocycles. The van der Waals surface area contributed by atoms with Crippen molar-refractivity contribution in [1.29, 1.82) is 0 Å². The number of rotatable bonds is 3. The molecule has 2 unspecified atom stereocenters. The van der Waals surface area contributed by atoms with E-state index in [2.05, 4.69) is 58.2 Å². The summed E-state index contributed by atoms with van der Waals surface area (Å²) in [6.45, 7) is 6.82. The molecule has 0 aromatic heterocycles. The van der Waals surface area contributed by atoms with Gasteiger partial charge in [-0.2, -0.15) is 0 Å². The van der Waals surface area contributed by atoms with Gasteiger partial charge in [0.1, 0.15) is 0 Å². The molecule has 1 aromatic carbocycles. The highest BCUT2D eigenvalue weighted by atomic mass is 79.9. The summed E-state index contributed by atoms with van der Waals surface area (Å²) in [5.74, 6) is 0.927. The summed E-state index contributed by atoms with van der Waals surface area (Å²) in [5, 5.41) is 3.76. The summed E-state index contributed by atoms with van der Waals surface area (Å²) < 4.78 is 1.18. The second-order valence-corrected chi connectivity index (χ2v) is 6.91. The minimum absolute atomic E-state index is 0.634. The molecule has 0 radical (unpaired) electrons. The number of piperazine rings is 1. The largest absolute Gasteiger partial charge is 0.365 e. The van der Waals surface area contributed by atoms with E-state index in [4.69, 9.17) is 0 Å². The second kappa shape index (κ2) is 5.45. The third-order valence-corrected chi connectivity index (χ3v) is 5.07. The molecule has 1 saturated heterocycles. The van der Waals surface area contributed by atoms with Gasteiger partial charge in [-0.1, -0.05) is 22.9 Å². The van der Waals surface area contributed by atoms with Gasteiger partial charge in [0.05, 0.1) is 0 Å². The van der Waals surface area contributed by atoms with Crippen molar-refractivity contribution in [2.24, 2.45) is 5.92 Å². The van der Waals surface area contributed by atoms with Crippen molar-refractivity contribution in [3.8, 4) is 0 Å². The Balaban J connectivity index is 1.85. The van der Waals surface area contributed by atoms with E-state index < -0.39 is 0 Å². The molecule has 1 heterocycles. The Morgan fingerprint density at radius 2 is 2.16 bits per heavy atom. The van der Waals surface area contributed by atoms with Crippen LogP contribution in [0.15, 0.2) is 22.7 Å². The van der Waals surface area contributed by atoms with E-state index in [1.54, 1.807) is 0 Å². The van der Waals surface area contributed by atoms with Crippen LogP contribution in [0, 0.1) is 12.8 Å². The number of nitrogens with zero attached hydrogens (tertiary/aromatic N) is 1. The van der Waals surface area contributed by atoms with Crippen LogP contribution in [0.3, 0.4) is 0 Å². The maximum atomic E-state index is 3.76. The van der Waals surface area contributed by atoms with E-state index in [1.165, 1.54) is 41.5 Å². The Hall–Kier alpha value is -0.540. The lowest BCUT2D eigenvalue weighted by atomic mass is 10.0. The number of halogens is 1. The minimum atomic E-state index is 0.634. The van der Waals surface area contributed by atoms with Crippen molar-refractivity contribution in [3.63, 3.8) is 0 Å². The molecule has 1 N–H and O–H groups in total. The average molecular weight is 323 g/mol. The molecule has 3 heteroatoms. The zero-order valence-electron chi connectivity index (χ0n) is 11.8. The van der Waals surface area contributed by atoms with Gasteiger partial charge < -0.3 is 10.2 Å². The van der Waals surface area contributed by atoms with Gasteiger partial charge in [0, 0.05) is 35.3 Å². The summed E-state index contributed by atoms with van der Waals surface area (Å²) in [5.41, 5.74) is 2.80. The summed E-state index contributed by atoms with van der Waals surface area (Å²) in [4.78, 5) is 2.64. The van der Waals surface area contributed by atoms with Gasteiger partial charge in [0.25, 0.3) is 0 Å². The Bertz CT molecular complexity index is 456. The number of hydrogen-bond donors (Lipinski definition) is 1. The van der Waals surface area contributed by atoms with Crippen LogP contribution >= 0.6 is 15.9 Å². The van der Waals surface area contributed by atoms with Crippen molar-refractivity contribution in [2.75, 3.05) is 18.0 Å². The minimum Gasteiger partial charge on any atom is -0.365 e. The van der Waals surface area contributed by atoms with Crippen LogP contribution in [0.5, 0.6) is 0 Å². The van der Waals surface area contributed by atoms with Gasteiger partial charge in [-0.15, -0.1) is 0 Å². The van der Waals surface area contributed by atoms with Crippen molar-refractivity contribution < 1.29 is 0 Å². The van der Waals surface area contributed by atoms with Gasteiger partial charge in [0.15, 0.2) is 0 Å². The number of anilines is 1. The zero-order valence-corrected chi connectivity index (χ0v) is 13.4. The highest BCUT2D eigenvalue weighted by Crippen LogP contribution is 2.36. The number of benzene rings is 1. The molecule has 1 saturated carbocycles. The van der Waals surface area contributed by atoms with Crippen LogP contribution in [0.4, 0.5) is 5.69 Å². The van der Waals surface area contributed by atoms with E-state index >= 15 is 0 Å². The molecular weight excluding hydrogens is 300 g/mol. The van der Waals surface area contributed by atoms with Crippen LogP contribution in [-0.4, -0.2) is 25.2 Å². The molecule has 1 aliphatic heterocycles. The van der Waals surface area contributed by atoms with Crippen LogP contribution in [0.2, 0.25) is 0 Å². The first-order valence-electron chi connectivity index (χ1n) is 7.45. The molecule has 2 nitrogen and oxygen atoms in total. The number of aryl methyl sites for hydroxylation is 1. The maximum absolute atomic E-state index is 3.76. The third-order valence-electron chi connectivity index (χ3n) is 4.58. The van der Waals surface area contributed by atoms with E-state index in [1.807, 2.05) is 0 Å². The lowest BCUT2D eigenvalue weighted by Gasteiger charge is -2.42. The SMILES string of the molecule is CCC1CNC(C2CC2)CN1c1ccc(Br)cc1C. The molecule has 1 aromatic rings. The Morgan fingerprint density at radius 1 is 1.37 bits per heavy atom. The average Bonchev–Trinajstić information content (AvgIpc) is 3.22. The molecular formula is C16H23BrN2. The molecule has 0 bridgehead atoms. The van der Waals surface area contributed by atoms with Gasteiger partial charge in [-0.25, -0.2) is 0 Å². The standard InChI is InChI=1S/C16H23BrN2/c1-3-14-9-18-15(12-4-5-12)10-19(14)16-7-6-13(17)8-11(16)2/h6-8,12,14-15,18H,3-5,9-10H2,1-2H3. The predicted molar refractivity (Wildman–Crippen MR) is 84.8 cm³/mol. The van der Waals surface area contributed by atoms with Gasteiger partial charge >= 0.3 is 0 Å².